The minimum absolute atomic E-state index is 0.205. The van der Waals surface area contributed by atoms with E-state index in [0.717, 1.165) is 37.9 Å². The van der Waals surface area contributed by atoms with Gasteiger partial charge in [0.25, 0.3) is 0 Å². The number of carbonyl (C=O) groups is 1. The first-order chi connectivity index (χ1) is 12.3. The zero-order valence-corrected chi connectivity index (χ0v) is 15.1. The first-order valence-corrected chi connectivity index (χ1v) is 9.45. The molecular formula is C22H28N2O. The number of nitrogens with zero attached hydrogens (tertiary/aromatic N) is 2. The van der Waals surface area contributed by atoms with E-state index in [-0.39, 0.29) is 5.91 Å². The van der Waals surface area contributed by atoms with E-state index in [0.29, 0.717) is 12.5 Å². The second-order valence-corrected chi connectivity index (χ2v) is 6.76. The smallest absolute Gasteiger partial charge is 0.241 e. The van der Waals surface area contributed by atoms with E-state index < -0.39 is 0 Å². The number of hydrazine groups is 1. The molecule has 3 nitrogen and oxygen atoms in total. The maximum atomic E-state index is 13.1. The average molecular weight is 336 g/mol. The Hall–Kier alpha value is -2.13. The molecule has 1 fully saturated rings. The van der Waals surface area contributed by atoms with Crippen LogP contribution in [0.5, 0.6) is 0 Å². The highest BCUT2D eigenvalue weighted by atomic mass is 16.2. The van der Waals surface area contributed by atoms with Crippen LogP contribution in [0.25, 0.3) is 0 Å². The van der Waals surface area contributed by atoms with Crippen LogP contribution in [0.1, 0.15) is 49.8 Å². The SMILES string of the molecule is CCCN(C(=O)Cc1ccccc1)N1CCCCC1c1ccccc1. The monoisotopic (exact) mass is 336 g/mol. The van der Waals surface area contributed by atoms with Gasteiger partial charge in [0.1, 0.15) is 0 Å². The molecule has 0 aromatic heterocycles. The molecule has 0 aliphatic carbocycles. The first kappa shape index (κ1) is 17.7. The van der Waals surface area contributed by atoms with Crippen molar-refractivity contribution in [3.05, 3.63) is 71.8 Å². The molecule has 0 saturated carbocycles. The highest BCUT2D eigenvalue weighted by Crippen LogP contribution is 2.32. The second-order valence-electron chi connectivity index (χ2n) is 6.76. The Bertz CT molecular complexity index is 656. The summed E-state index contributed by atoms with van der Waals surface area (Å²) in [4.78, 5) is 13.1. The van der Waals surface area contributed by atoms with E-state index in [2.05, 4.69) is 42.3 Å². The lowest BCUT2D eigenvalue weighted by atomic mass is 9.96. The van der Waals surface area contributed by atoms with Gasteiger partial charge in [0.05, 0.1) is 12.5 Å². The van der Waals surface area contributed by atoms with Crippen molar-refractivity contribution in [3.8, 4) is 0 Å². The summed E-state index contributed by atoms with van der Waals surface area (Å²) in [5.41, 5.74) is 2.40. The van der Waals surface area contributed by atoms with Crippen LogP contribution < -0.4 is 0 Å². The molecule has 3 heteroatoms. The maximum absolute atomic E-state index is 13.1. The molecule has 1 heterocycles. The van der Waals surface area contributed by atoms with Crippen molar-refractivity contribution in [2.24, 2.45) is 0 Å². The van der Waals surface area contributed by atoms with Gasteiger partial charge in [-0.15, -0.1) is 0 Å². The molecule has 25 heavy (non-hydrogen) atoms. The van der Waals surface area contributed by atoms with Crippen molar-refractivity contribution in [1.29, 1.82) is 0 Å². The Morgan fingerprint density at radius 2 is 1.72 bits per heavy atom. The Morgan fingerprint density at radius 3 is 2.40 bits per heavy atom. The number of piperidine rings is 1. The molecule has 2 aromatic carbocycles. The number of rotatable bonds is 6. The van der Waals surface area contributed by atoms with E-state index in [1.165, 1.54) is 12.0 Å². The Labute approximate surface area is 151 Å². The van der Waals surface area contributed by atoms with Crippen LogP contribution in [-0.2, 0) is 11.2 Å². The number of amides is 1. The number of benzene rings is 2. The quantitative estimate of drug-likeness (QED) is 0.769. The molecule has 1 atom stereocenters. The summed E-state index contributed by atoms with van der Waals surface area (Å²) >= 11 is 0. The fourth-order valence-electron chi connectivity index (χ4n) is 3.69. The minimum atomic E-state index is 0.205. The van der Waals surface area contributed by atoms with Crippen LogP contribution in [0.4, 0.5) is 0 Å². The van der Waals surface area contributed by atoms with Gasteiger partial charge >= 0.3 is 0 Å². The van der Waals surface area contributed by atoms with Gasteiger partial charge in [0.15, 0.2) is 0 Å². The zero-order chi connectivity index (χ0) is 17.5. The molecule has 3 rings (SSSR count). The van der Waals surface area contributed by atoms with E-state index in [1.54, 1.807) is 0 Å². The van der Waals surface area contributed by atoms with Crippen LogP contribution in [-0.4, -0.2) is 29.0 Å². The zero-order valence-electron chi connectivity index (χ0n) is 15.1. The lowest BCUT2D eigenvalue weighted by Gasteiger charge is -2.43. The van der Waals surface area contributed by atoms with E-state index in [1.807, 2.05) is 35.3 Å². The highest BCUT2D eigenvalue weighted by molar-refractivity contribution is 5.78. The van der Waals surface area contributed by atoms with Gasteiger partial charge in [-0.1, -0.05) is 74.0 Å². The highest BCUT2D eigenvalue weighted by Gasteiger charge is 2.30. The summed E-state index contributed by atoms with van der Waals surface area (Å²) in [6.07, 6.45) is 4.94. The predicted molar refractivity (Wildman–Crippen MR) is 102 cm³/mol. The summed E-state index contributed by atoms with van der Waals surface area (Å²) in [6.45, 7) is 3.89. The summed E-state index contributed by atoms with van der Waals surface area (Å²) in [6, 6.07) is 21.0. The van der Waals surface area contributed by atoms with Crippen LogP contribution in [0, 0.1) is 0 Å². The molecule has 2 aromatic rings. The third-order valence-electron chi connectivity index (χ3n) is 4.89. The standard InChI is InChI=1S/C22H28N2O/c1-2-16-24(22(25)18-19-11-5-3-6-12-19)23-17-10-9-15-21(23)20-13-7-4-8-14-20/h3-8,11-14,21H,2,9-10,15-18H2,1H3. The number of carbonyl (C=O) groups excluding carboxylic acids is 1. The summed E-state index contributed by atoms with van der Waals surface area (Å²) < 4.78 is 0. The van der Waals surface area contributed by atoms with Crippen LogP contribution >= 0.6 is 0 Å². The van der Waals surface area contributed by atoms with E-state index in [4.69, 9.17) is 0 Å². The van der Waals surface area contributed by atoms with Crippen molar-refractivity contribution in [2.45, 2.75) is 45.1 Å². The predicted octanol–water partition coefficient (Wildman–Crippen LogP) is 4.61. The topological polar surface area (TPSA) is 23.6 Å². The van der Waals surface area contributed by atoms with Crippen LogP contribution in [0.3, 0.4) is 0 Å². The van der Waals surface area contributed by atoms with Gasteiger partial charge < -0.3 is 0 Å². The maximum Gasteiger partial charge on any atom is 0.241 e. The third kappa shape index (κ3) is 4.49. The normalized spacial score (nSPS) is 18.0. The van der Waals surface area contributed by atoms with Gasteiger partial charge in [-0.05, 0) is 30.4 Å². The fourth-order valence-corrected chi connectivity index (χ4v) is 3.69. The Balaban J connectivity index is 1.80. The van der Waals surface area contributed by atoms with E-state index in [9.17, 15) is 4.79 Å². The van der Waals surface area contributed by atoms with Crippen molar-refractivity contribution in [1.82, 2.24) is 10.0 Å². The second kappa shape index (κ2) is 8.82. The molecule has 1 unspecified atom stereocenters. The molecule has 0 spiro atoms. The molecular weight excluding hydrogens is 308 g/mol. The molecule has 132 valence electrons. The number of hydrogen-bond donors (Lipinski definition) is 0. The molecule has 0 radical (unpaired) electrons. The lowest BCUT2D eigenvalue weighted by molar-refractivity contribution is -0.157. The van der Waals surface area contributed by atoms with Gasteiger partial charge in [-0.3, -0.25) is 9.80 Å². The van der Waals surface area contributed by atoms with E-state index >= 15 is 0 Å². The van der Waals surface area contributed by atoms with Crippen molar-refractivity contribution >= 4 is 5.91 Å². The first-order valence-electron chi connectivity index (χ1n) is 9.45. The van der Waals surface area contributed by atoms with Crippen molar-refractivity contribution in [3.63, 3.8) is 0 Å². The molecule has 0 N–H and O–H groups in total. The average Bonchev–Trinajstić information content (AvgIpc) is 2.67. The van der Waals surface area contributed by atoms with Gasteiger partial charge in [0.2, 0.25) is 5.91 Å². The van der Waals surface area contributed by atoms with Gasteiger partial charge in [-0.25, -0.2) is 5.01 Å². The Morgan fingerprint density at radius 1 is 1.04 bits per heavy atom. The Kier molecular flexibility index (Phi) is 6.24. The molecule has 1 saturated heterocycles. The molecule has 0 bridgehead atoms. The summed E-state index contributed by atoms with van der Waals surface area (Å²) in [5.74, 6) is 0.205. The van der Waals surface area contributed by atoms with Crippen LogP contribution in [0.15, 0.2) is 60.7 Å². The molecule has 1 amide bonds. The third-order valence-corrected chi connectivity index (χ3v) is 4.89. The van der Waals surface area contributed by atoms with Crippen LogP contribution in [0.2, 0.25) is 0 Å². The minimum Gasteiger partial charge on any atom is -0.275 e. The summed E-state index contributed by atoms with van der Waals surface area (Å²) in [7, 11) is 0. The van der Waals surface area contributed by atoms with Gasteiger partial charge in [0, 0.05) is 13.1 Å². The fraction of sp³-hybridized carbons (Fsp3) is 0.409. The van der Waals surface area contributed by atoms with Crippen molar-refractivity contribution < 1.29 is 4.79 Å². The lowest BCUT2D eigenvalue weighted by Crippen LogP contribution is -2.51. The van der Waals surface area contributed by atoms with Gasteiger partial charge in [-0.2, -0.15) is 0 Å². The largest absolute Gasteiger partial charge is 0.275 e. The molecule has 1 aliphatic rings. The number of hydrogen-bond acceptors (Lipinski definition) is 2. The summed E-state index contributed by atoms with van der Waals surface area (Å²) in [5, 5.41) is 4.34. The van der Waals surface area contributed by atoms with Crippen molar-refractivity contribution in [2.75, 3.05) is 13.1 Å². The molecule has 1 aliphatic heterocycles.